The number of aromatic amines is 1. The van der Waals surface area contributed by atoms with Crippen LogP contribution < -0.4 is 0 Å². The number of ether oxygens (including phenoxy) is 1. The van der Waals surface area contributed by atoms with Gasteiger partial charge in [0.2, 0.25) is 0 Å². The predicted octanol–water partition coefficient (Wildman–Crippen LogP) is 2.52. The quantitative estimate of drug-likeness (QED) is 0.803. The van der Waals surface area contributed by atoms with Gasteiger partial charge in [-0.2, -0.15) is 5.26 Å². The van der Waals surface area contributed by atoms with Crippen LogP contribution in [0.3, 0.4) is 0 Å². The second-order valence-corrected chi connectivity index (χ2v) is 3.77. The third-order valence-electron chi connectivity index (χ3n) is 2.57. The number of fused-ring (bicyclic) bond motifs is 1. The van der Waals surface area contributed by atoms with Gasteiger partial charge in [-0.15, -0.1) is 0 Å². The second kappa shape index (κ2) is 4.30. The van der Waals surface area contributed by atoms with E-state index in [0.29, 0.717) is 17.9 Å². The van der Waals surface area contributed by atoms with Crippen LogP contribution in [0.5, 0.6) is 0 Å². The Morgan fingerprint density at radius 1 is 1.47 bits per heavy atom. The molecule has 86 valence electrons. The molecule has 1 heterocycles. The van der Waals surface area contributed by atoms with Gasteiger partial charge in [0.05, 0.1) is 18.2 Å². The summed E-state index contributed by atoms with van der Waals surface area (Å²) in [7, 11) is 0. The van der Waals surface area contributed by atoms with Crippen molar-refractivity contribution in [1.82, 2.24) is 4.98 Å². The number of H-pyrrole nitrogens is 1. The fourth-order valence-electron chi connectivity index (χ4n) is 1.80. The molecule has 4 heteroatoms. The van der Waals surface area contributed by atoms with E-state index in [-0.39, 0.29) is 5.97 Å². The molecular formula is C13H12N2O2. The highest BCUT2D eigenvalue weighted by atomic mass is 16.5. The molecule has 0 spiro atoms. The lowest BCUT2D eigenvalue weighted by Crippen LogP contribution is -2.04. The Labute approximate surface area is 98.8 Å². The number of hydrogen-bond acceptors (Lipinski definition) is 3. The van der Waals surface area contributed by atoms with Gasteiger partial charge in [0, 0.05) is 10.9 Å². The number of benzene rings is 1. The number of nitriles is 1. The van der Waals surface area contributed by atoms with E-state index in [1.165, 1.54) is 0 Å². The Kier molecular flexibility index (Phi) is 2.84. The van der Waals surface area contributed by atoms with Gasteiger partial charge in [0.15, 0.2) is 0 Å². The summed E-state index contributed by atoms with van der Waals surface area (Å²) >= 11 is 0. The van der Waals surface area contributed by atoms with E-state index in [1.807, 2.05) is 6.92 Å². The van der Waals surface area contributed by atoms with E-state index in [9.17, 15) is 4.79 Å². The standard InChI is InChI=1S/C13H12N2O2/c1-3-17-13(16)12-6-10-8(2)4-9(7-14)5-11(10)15-12/h4-6,15H,3H2,1-2H3. The van der Waals surface area contributed by atoms with Gasteiger partial charge < -0.3 is 9.72 Å². The fraction of sp³-hybridized carbons (Fsp3) is 0.231. The van der Waals surface area contributed by atoms with Crippen molar-refractivity contribution < 1.29 is 9.53 Å². The third kappa shape index (κ3) is 2.00. The van der Waals surface area contributed by atoms with Gasteiger partial charge >= 0.3 is 5.97 Å². The highest BCUT2D eigenvalue weighted by Crippen LogP contribution is 2.21. The summed E-state index contributed by atoms with van der Waals surface area (Å²) in [5.41, 5.74) is 2.74. The first-order chi connectivity index (χ1) is 8.15. The van der Waals surface area contributed by atoms with Gasteiger partial charge in [0.1, 0.15) is 5.69 Å². The monoisotopic (exact) mass is 228 g/mol. The molecule has 0 aliphatic rings. The molecule has 0 aliphatic carbocycles. The van der Waals surface area contributed by atoms with Crippen molar-refractivity contribution in [2.75, 3.05) is 6.61 Å². The highest BCUT2D eigenvalue weighted by molar-refractivity contribution is 5.96. The summed E-state index contributed by atoms with van der Waals surface area (Å²) in [4.78, 5) is 14.5. The van der Waals surface area contributed by atoms with Crippen LogP contribution in [0.4, 0.5) is 0 Å². The zero-order valence-electron chi connectivity index (χ0n) is 9.70. The van der Waals surface area contributed by atoms with E-state index in [4.69, 9.17) is 10.00 Å². The number of nitrogens with one attached hydrogen (secondary N) is 1. The number of carbonyl (C=O) groups excluding carboxylic acids is 1. The van der Waals surface area contributed by atoms with Crippen LogP contribution in [0.2, 0.25) is 0 Å². The molecule has 0 amide bonds. The molecule has 4 nitrogen and oxygen atoms in total. The van der Waals surface area contributed by atoms with Crippen LogP contribution in [-0.2, 0) is 4.74 Å². The Hall–Kier alpha value is -2.28. The van der Waals surface area contributed by atoms with Crippen LogP contribution in [0.1, 0.15) is 28.5 Å². The number of esters is 1. The number of aromatic nitrogens is 1. The first kappa shape index (κ1) is 11.2. The van der Waals surface area contributed by atoms with Crippen molar-refractivity contribution in [2.24, 2.45) is 0 Å². The lowest BCUT2D eigenvalue weighted by Gasteiger charge is -1.96. The molecule has 2 aromatic rings. The second-order valence-electron chi connectivity index (χ2n) is 3.77. The lowest BCUT2D eigenvalue weighted by molar-refractivity contribution is 0.0520. The normalized spacial score (nSPS) is 10.2. The maximum Gasteiger partial charge on any atom is 0.354 e. The van der Waals surface area contributed by atoms with Gasteiger partial charge in [0.25, 0.3) is 0 Å². The number of rotatable bonds is 2. The molecule has 0 saturated heterocycles. The average molecular weight is 228 g/mol. The molecule has 0 bridgehead atoms. The van der Waals surface area contributed by atoms with Crippen molar-refractivity contribution in [3.05, 3.63) is 35.0 Å². The van der Waals surface area contributed by atoms with Gasteiger partial charge in [-0.05, 0) is 37.6 Å². The number of aryl methyl sites for hydroxylation is 1. The van der Waals surface area contributed by atoms with E-state index in [0.717, 1.165) is 16.5 Å². The van der Waals surface area contributed by atoms with Crippen LogP contribution in [0.25, 0.3) is 10.9 Å². The van der Waals surface area contributed by atoms with Gasteiger partial charge in [-0.25, -0.2) is 4.79 Å². The summed E-state index contributed by atoms with van der Waals surface area (Å²) in [6.07, 6.45) is 0. The predicted molar refractivity (Wildman–Crippen MR) is 63.7 cm³/mol. The molecule has 1 N–H and O–H groups in total. The molecule has 17 heavy (non-hydrogen) atoms. The van der Waals surface area contributed by atoms with Crippen molar-refractivity contribution in [1.29, 1.82) is 5.26 Å². The SMILES string of the molecule is CCOC(=O)c1cc2c(C)cc(C#N)cc2[nH]1. The summed E-state index contributed by atoms with van der Waals surface area (Å²) in [6.45, 7) is 4.02. The summed E-state index contributed by atoms with van der Waals surface area (Å²) < 4.78 is 4.92. The van der Waals surface area contributed by atoms with E-state index >= 15 is 0 Å². The van der Waals surface area contributed by atoms with Crippen molar-refractivity contribution in [3.8, 4) is 6.07 Å². The average Bonchev–Trinajstić information content (AvgIpc) is 2.73. The summed E-state index contributed by atoms with van der Waals surface area (Å²) in [5, 5.41) is 9.80. The Morgan fingerprint density at radius 2 is 2.24 bits per heavy atom. The molecule has 0 unspecified atom stereocenters. The lowest BCUT2D eigenvalue weighted by atomic mass is 10.1. The van der Waals surface area contributed by atoms with E-state index < -0.39 is 0 Å². The summed E-state index contributed by atoms with van der Waals surface area (Å²) in [5.74, 6) is -0.374. The maximum absolute atomic E-state index is 11.6. The molecule has 0 radical (unpaired) electrons. The molecule has 0 atom stereocenters. The van der Waals surface area contributed by atoms with Crippen molar-refractivity contribution in [2.45, 2.75) is 13.8 Å². The first-order valence-electron chi connectivity index (χ1n) is 5.36. The minimum absolute atomic E-state index is 0.344. The molecule has 0 aliphatic heterocycles. The molecule has 0 fully saturated rings. The Bertz CT molecular complexity index is 620. The Balaban J connectivity index is 2.54. The fourth-order valence-corrected chi connectivity index (χ4v) is 1.80. The molecule has 1 aromatic carbocycles. The molecular weight excluding hydrogens is 216 g/mol. The maximum atomic E-state index is 11.6. The number of carbonyl (C=O) groups is 1. The summed E-state index contributed by atoms with van der Waals surface area (Å²) in [6, 6.07) is 7.37. The van der Waals surface area contributed by atoms with Crippen LogP contribution in [-0.4, -0.2) is 17.6 Å². The van der Waals surface area contributed by atoms with Crippen LogP contribution in [0, 0.1) is 18.3 Å². The topological polar surface area (TPSA) is 65.9 Å². The number of hydrogen-bond donors (Lipinski definition) is 1. The molecule has 2 rings (SSSR count). The minimum Gasteiger partial charge on any atom is -0.461 e. The van der Waals surface area contributed by atoms with E-state index in [1.54, 1.807) is 25.1 Å². The zero-order chi connectivity index (χ0) is 12.4. The van der Waals surface area contributed by atoms with Crippen LogP contribution >= 0.6 is 0 Å². The minimum atomic E-state index is -0.374. The molecule has 0 saturated carbocycles. The molecule has 1 aromatic heterocycles. The van der Waals surface area contributed by atoms with Gasteiger partial charge in [-0.1, -0.05) is 0 Å². The van der Waals surface area contributed by atoms with Gasteiger partial charge in [-0.3, -0.25) is 0 Å². The highest BCUT2D eigenvalue weighted by Gasteiger charge is 2.12. The van der Waals surface area contributed by atoms with Crippen molar-refractivity contribution in [3.63, 3.8) is 0 Å². The third-order valence-corrected chi connectivity index (χ3v) is 2.57. The van der Waals surface area contributed by atoms with Crippen molar-refractivity contribution >= 4 is 16.9 Å². The number of nitrogens with zero attached hydrogens (tertiary/aromatic N) is 1. The first-order valence-corrected chi connectivity index (χ1v) is 5.36. The smallest absolute Gasteiger partial charge is 0.354 e. The van der Waals surface area contributed by atoms with Crippen LogP contribution in [0.15, 0.2) is 18.2 Å². The van der Waals surface area contributed by atoms with E-state index in [2.05, 4.69) is 11.1 Å². The largest absolute Gasteiger partial charge is 0.461 e. The Morgan fingerprint density at radius 3 is 2.88 bits per heavy atom. The zero-order valence-corrected chi connectivity index (χ0v) is 9.70.